The van der Waals surface area contributed by atoms with Crippen LogP contribution in [-0.4, -0.2) is 36.1 Å². The lowest BCUT2D eigenvalue weighted by molar-refractivity contribution is 0.321. The lowest BCUT2D eigenvalue weighted by Crippen LogP contribution is -2.30. The summed E-state index contributed by atoms with van der Waals surface area (Å²) < 4.78 is 2.05. The van der Waals surface area contributed by atoms with Gasteiger partial charge in [0.25, 0.3) is 0 Å². The average Bonchev–Trinajstić information content (AvgIpc) is 3.10. The highest BCUT2D eigenvalue weighted by molar-refractivity contribution is 9.11. The number of nitrogens with zero attached hydrogens (tertiary/aromatic N) is 2. The summed E-state index contributed by atoms with van der Waals surface area (Å²) in [7, 11) is 2.20. The Hall–Kier alpha value is 0.0300. The first-order valence-electron chi connectivity index (χ1n) is 5.87. The van der Waals surface area contributed by atoms with Crippen LogP contribution in [0.2, 0.25) is 0 Å². The molecule has 0 atom stereocenters. The number of nitrogens with one attached hydrogen (secondary N) is 1. The van der Waals surface area contributed by atoms with Crippen molar-refractivity contribution >= 4 is 31.9 Å². The van der Waals surface area contributed by atoms with Crippen molar-refractivity contribution in [3.8, 4) is 0 Å². The normalized spacial score (nSPS) is 15.5. The van der Waals surface area contributed by atoms with E-state index in [1.807, 2.05) is 12.3 Å². The molecule has 0 aliphatic heterocycles. The molecule has 1 N–H and O–H groups in total. The van der Waals surface area contributed by atoms with Crippen LogP contribution in [0.25, 0.3) is 0 Å². The number of likely N-dealkylation sites (N-methyl/N-ethyl adjacent to an activating group) is 1. The average molecular weight is 363 g/mol. The van der Waals surface area contributed by atoms with Gasteiger partial charge in [0, 0.05) is 40.8 Å². The third-order valence-electron chi connectivity index (χ3n) is 2.99. The van der Waals surface area contributed by atoms with Crippen LogP contribution in [0.5, 0.6) is 0 Å². The zero-order chi connectivity index (χ0) is 12.3. The standard InChI is InChI=1S/C12H17Br2N3/c1-17(10-2-3-10)5-4-15-8-12-11(14)6-9(13)7-16-12/h6-7,10,15H,2-5,8H2,1H3. The van der Waals surface area contributed by atoms with E-state index in [0.29, 0.717) is 0 Å². The zero-order valence-electron chi connectivity index (χ0n) is 9.92. The van der Waals surface area contributed by atoms with Gasteiger partial charge in [0.15, 0.2) is 0 Å². The van der Waals surface area contributed by atoms with Gasteiger partial charge in [-0.05, 0) is 57.8 Å². The van der Waals surface area contributed by atoms with Crippen molar-refractivity contribution in [2.75, 3.05) is 20.1 Å². The van der Waals surface area contributed by atoms with E-state index < -0.39 is 0 Å². The van der Waals surface area contributed by atoms with Crippen LogP contribution in [0.4, 0.5) is 0 Å². The number of halogens is 2. The fourth-order valence-corrected chi connectivity index (χ4v) is 2.86. The quantitative estimate of drug-likeness (QED) is 0.788. The number of aromatic nitrogens is 1. The lowest BCUT2D eigenvalue weighted by Gasteiger charge is -2.15. The maximum Gasteiger partial charge on any atom is 0.0684 e. The van der Waals surface area contributed by atoms with Gasteiger partial charge in [-0.1, -0.05) is 0 Å². The Morgan fingerprint density at radius 3 is 2.88 bits per heavy atom. The summed E-state index contributed by atoms with van der Waals surface area (Å²) in [6, 6.07) is 2.87. The molecule has 0 unspecified atom stereocenters. The molecule has 17 heavy (non-hydrogen) atoms. The SMILES string of the molecule is CN(CCNCc1ncc(Br)cc1Br)C1CC1. The van der Waals surface area contributed by atoms with E-state index in [4.69, 9.17) is 0 Å². The minimum absolute atomic E-state index is 0.812. The molecule has 1 saturated carbocycles. The summed E-state index contributed by atoms with van der Waals surface area (Å²) in [6.45, 7) is 2.93. The Morgan fingerprint density at radius 1 is 1.47 bits per heavy atom. The minimum Gasteiger partial charge on any atom is -0.310 e. The molecule has 0 bridgehead atoms. The Bertz CT molecular complexity index is 380. The smallest absolute Gasteiger partial charge is 0.0684 e. The molecule has 5 heteroatoms. The molecule has 0 radical (unpaired) electrons. The first-order valence-corrected chi connectivity index (χ1v) is 7.46. The highest BCUT2D eigenvalue weighted by Crippen LogP contribution is 2.24. The van der Waals surface area contributed by atoms with Crippen LogP contribution in [0, 0.1) is 0 Å². The largest absolute Gasteiger partial charge is 0.310 e. The highest BCUT2D eigenvalue weighted by Gasteiger charge is 2.25. The zero-order valence-corrected chi connectivity index (χ0v) is 13.1. The number of hydrogen-bond acceptors (Lipinski definition) is 3. The molecular weight excluding hydrogens is 346 g/mol. The Kier molecular flexibility index (Phi) is 4.97. The van der Waals surface area contributed by atoms with Crippen LogP contribution in [0.1, 0.15) is 18.5 Å². The van der Waals surface area contributed by atoms with Crippen molar-refractivity contribution in [1.82, 2.24) is 15.2 Å². The minimum atomic E-state index is 0.812. The second-order valence-corrected chi connectivity index (χ2v) is 6.24. The molecule has 0 spiro atoms. The van der Waals surface area contributed by atoms with Gasteiger partial charge < -0.3 is 10.2 Å². The monoisotopic (exact) mass is 361 g/mol. The van der Waals surface area contributed by atoms with E-state index in [1.54, 1.807) is 0 Å². The molecule has 2 rings (SSSR count). The van der Waals surface area contributed by atoms with E-state index in [0.717, 1.165) is 40.3 Å². The summed E-state index contributed by atoms with van der Waals surface area (Å²) in [5.74, 6) is 0. The van der Waals surface area contributed by atoms with Gasteiger partial charge >= 0.3 is 0 Å². The molecule has 1 heterocycles. The van der Waals surface area contributed by atoms with E-state index >= 15 is 0 Å². The Morgan fingerprint density at radius 2 is 2.24 bits per heavy atom. The van der Waals surface area contributed by atoms with E-state index in [2.05, 4.69) is 54.1 Å². The Labute approximate surface area is 119 Å². The summed E-state index contributed by atoms with van der Waals surface area (Å²) in [6.07, 6.45) is 4.57. The predicted octanol–water partition coefficient (Wildman–Crippen LogP) is 2.79. The molecule has 1 aromatic heterocycles. The first kappa shape index (κ1) is 13.5. The second kappa shape index (κ2) is 6.27. The van der Waals surface area contributed by atoms with Crippen LogP contribution < -0.4 is 5.32 Å². The van der Waals surface area contributed by atoms with Crippen LogP contribution in [0.3, 0.4) is 0 Å². The number of pyridine rings is 1. The first-order chi connectivity index (χ1) is 8.16. The highest BCUT2D eigenvalue weighted by atomic mass is 79.9. The summed E-state index contributed by atoms with van der Waals surface area (Å²) >= 11 is 6.92. The van der Waals surface area contributed by atoms with Crippen LogP contribution in [0.15, 0.2) is 21.2 Å². The summed E-state index contributed by atoms with van der Waals surface area (Å²) in [5.41, 5.74) is 1.06. The van der Waals surface area contributed by atoms with Gasteiger partial charge in [0.2, 0.25) is 0 Å². The van der Waals surface area contributed by atoms with Gasteiger partial charge in [-0.15, -0.1) is 0 Å². The van der Waals surface area contributed by atoms with Crippen LogP contribution in [-0.2, 0) is 6.54 Å². The molecule has 1 aliphatic rings. The summed E-state index contributed by atoms with van der Waals surface area (Å²) in [5, 5.41) is 3.43. The molecule has 0 aromatic carbocycles. The Balaban J connectivity index is 1.70. The molecule has 0 saturated heterocycles. The third-order valence-corrected chi connectivity index (χ3v) is 4.11. The molecule has 0 amide bonds. The van der Waals surface area contributed by atoms with Crippen LogP contribution >= 0.6 is 31.9 Å². The fraction of sp³-hybridized carbons (Fsp3) is 0.583. The van der Waals surface area contributed by atoms with Crippen molar-refractivity contribution < 1.29 is 0 Å². The van der Waals surface area contributed by atoms with Gasteiger partial charge in [0.1, 0.15) is 0 Å². The van der Waals surface area contributed by atoms with E-state index in [-0.39, 0.29) is 0 Å². The third kappa shape index (κ3) is 4.32. The van der Waals surface area contributed by atoms with Gasteiger partial charge in [0.05, 0.1) is 5.69 Å². The fourth-order valence-electron chi connectivity index (χ4n) is 1.73. The van der Waals surface area contributed by atoms with Gasteiger partial charge in [-0.3, -0.25) is 4.98 Å². The molecule has 1 aliphatic carbocycles. The molecular formula is C12H17Br2N3. The lowest BCUT2D eigenvalue weighted by atomic mass is 10.3. The number of rotatable bonds is 6. The molecule has 1 fully saturated rings. The van der Waals surface area contributed by atoms with Crippen molar-refractivity contribution in [3.05, 3.63) is 26.9 Å². The van der Waals surface area contributed by atoms with Crippen molar-refractivity contribution in [1.29, 1.82) is 0 Å². The topological polar surface area (TPSA) is 28.2 Å². The van der Waals surface area contributed by atoms with Crippen molar-refractivity contribution in [3.63, 3.8) is 0 Å². The van der Waals surface area contributed by atoms with Crippen molar-refractivity contribution in [2.24, 2.45) is 0 Å². The maximum atomic E-state index is 4.37. The second-order valence-electron chi connectivity index (χ2n) is 4.47. The van der Waals surface area contributed by atoms with E-state index in [9.17, 15) is 0 Å². The predicted molar refractivity (Wildman–Crippen MR) is 77.0 cm³/mol. The maximum absolute atomic E-state index is 4.37. The van der Waals surface area contributed by atoms with Crippen molar-refractivity contribution in [2.45, 2.75) is 25.4 Å². The number of hydrogen-bond donors (Lipinski definition) is 1. The van der Waals surface area contributed by atoms with E-state index in [1.165, 1.54) is 12.8 Å². The summed E-state index contributed by atoms with van der Waals surface area (Å²) in [4.78, 5) is 6.80. The molecule has 3 nitrogen and oxygen atoms in total. The van der Waals surface area contributed by atoms with Gasteiger partial charge in [-0.2, -0.15) is 0 Å². The molecule has 1 aromatic rings. The van der Waals surface area contributed by atoms with Gasteiger partial charge in [-0.25, -0.2) is 0 Å². The molecule has 94 valence electrons.